The summed E-state index contributed by atoms with van der Waals surface area (Å²) in [5, 5.41) is 12.2. The maximum atomic E-state index is 13.8. The number of halogens is 3. The molecule has 3 amide bonds. The molecule has 38 heavy (non-hydrogen) atoms. The average Bonchev–Trinajstić information content (AvgIpc) is 2.89. The summed E-state index contributed by atoms with van der Waals surface area (Å²) in [5.74, 6) is -0.477. The van der Waals surface area contributed by atoms with Crippen LogP contribution in [0.4, 0.5) is 23.7 Å². The summed E-state index contributed by atoms with van der Waals surface area (Å²) in [7, 11) is 1.50. The molecule has 7 nitrogen and oxygen atoms in total. The van der Waals surface area contributed by atoms with E-state index in [0.29, 0.717) is 59.3 Å². The van der Waals surface area contributed by atoms with Gasteiger partial charge in [0.25, 0.3) is 0 Å². The van der Waals surface area contributed by atoms with Gasteiger partial charge in [0, 0.05) is 37.4 Å². The van der Waals surface area contributed by atoms with Crippen LogP contribution in [0.5, 0.6) is 0 Å². The molecule has 0 bridgehead atoms. The molecule has 2 aromatic rings. The lowest BCUT2D eigenvalue weighted by Gasteiger charge is -2.44. The van der Waals surface area contributed by atoms with Gasteiger partial charge in [-0.05, 0) is 66.3 Å². The summed E-state index contributed by atoms with van der Waals surface area (Å²) < 4.78 is 40.4. The van der Waals surface area contributed by atoms with Crippen molar-refractivity contribution >= 4 is 29.0 Å². The minimum absolute atomic E-state index is 0.0315. The van der Waals surface area contributed by atoms with Crippen LogP contribution in [0.25, 0.3) is 5.57 Å². The summed E-state index contributed by atoms with van der Waals surface area (Å²) in [6.07, 6.45) is -1.62. The van der Waals surface area contributed by atoms with Gasteiger partial charge in [-0.25, -0.2) is 4.79 Å². The zero-order chi connectivity index (χ0) is 27.2. The number of likely N-dealkylation sites (N-methyl/N-ethyl adjacent to an activating group) is 1. The summed E-state index contributed by atoms with van der Waals surface area (Å²) >= 11 is 0. The first-order valence-electron chi connectivity index (χ1n) is 12.1. The highest BCUT2D eigenvalue weighted by Gasteiger charge is 2.44. The van der Waals surface area contributed by atoms with E-state index in [4.69, 9.17) is 0 Å². The molecule has 1 atom stereocenters. The van der Waals surface area contributed by atoms with Crippen molar-refractivity contribution in [3.8, 4) is 6.07 Å². The highest BCUT2D eigenvalue weighted by atomic mass is 19.4. The minimum Gasteiger partial charge on any atom is -0.352 e. The van der Waals surface area contributed by atoms with Gasteiger partial charge in [-0.15, -0.1) is 0 Å². The highest BCUT2D eigenvalue weighted by Crippen LogP contribution is 2.46. The third-order valence-electron chi connectivity index (χ3n) is 7.11. The zero-order valence-electron chi connectivity index (χ0n) is 20.4. The minimum atomic E-state index is -4.60. The number of amides is 3. The largest absolute Gasteiger partial charge is 0.416 e. The van der Waals surface area contributed by atoms with Gasteiger partial charge in [0.1, 0.15) is 0 Å². The smallest absolute Gasteiger partial charge is 0.352 e. The lowest BCUT2D eigenvalue weighted by atomic mass is 9.80. The van der Waals surface area contributed by atoms with E-state index in [1.54, 1.807) is 18.2 Å². The highest BCUT2D eigenvalue weighted by molar-refractivity contribution is 6.07. The van der Waals surface area contributed by atoms with E-state index < -0.39 is 23.8 Å². The van der Waals surface area contributed by atoms with Gasteiger partial charge >= 0.3 is 12.2 Å². The van der Waals surface area contributed by atoms with Crippen molar-refractivity contribution in [2.45, 2.75) is 37.9 Å². The van der Waals surface area contributed by atoms with E-state index in [2.05, 4.69) is 11.4 Å². The molecular weight excluding hydrogens is 497 g/mol. The number of anilines is 1. The van der Waals surface area contributed by atoms with E-state index in [0.717, 1.165) is 12.1 Å². The number of carbonyl (C=O) groups is 3. The van der Waals surface area contributed by atoms with Crippen molar-refractivity contribution in [2.75, 3.05) is 18.5 Å². The third-order valence-corrected chi connectivity index (χ3v) is 7.11. The second-order valence-electron chi connectivity index (χ2n) is 9.44. The predicted molar refractivity (Wildman–Crippen MR) is 132 cm³/mol. The second kappa shape index (κ2) is 9.49. The Balaban J connectivity index is 1.72. The fourth-order valence-corrected chi connectivity index (χ4v) is 5.37. The number of nitrogens with one attached hydrogen (secondary N) is 1. The number of Topliss-reactive ketones (excluding diaryl/α,β-unsaturated/α-hetero) is 1. The molecule has 0 saturated heterocycles. The summed E-state index contributed by atoms with van der Waals surface area (Å²) in [4.78, 5) is 41.8. The second-order valence-corrected chi connectivity index (χ2v) is 9.44. The Morgan fingerprint density at radius 1 is 1.05 bits per heavy atom. The van der Waals surface area contributed by atoms with Crippen molar-refractivity contribution in [3.05, 3.63) is 82.1 Å². The van der Waals surface area contributed by atoms with Gasteiger partial charge in [-0.1, -0.05) is 12.1 Å². The van der Waals surface area contributed by atoms with Crippen LogP contribution in [0.3, 0.4) is 0 Å². The molecule has 0 radical (unpaired) electrons. The van der Waals surface area contributed by atoms with Gasteiger partial charge in [-0.3, -0.25) is 14.5 Å². The summed E-state index contributed by atoms with van der Waals surface area (Å²) in [5.41, 5.74) is 2.04. The van der Waals surface area contributed by atoms with Gasteiger partial charge in [0.15, 0.2) is 5.78 Å². The van der Waals surface area contributed by atoms with Crippen molar-refractivity contribution < 1.29 is 27.6 Å². The lowest BCUT2D eigenvalue weighted by molar-refractivity contribution is -0.137. The van der Waals surface area contributed by atoms with Gasteiger partial charge in [0.2, 0.25) is 5.91 Å². The molecule has 2 aliphatic heterocycles. The van der Waals surface area contributed by atoms with Crippen molar-refractivity contribution in [3.63, 3.8) is 0 Å². The molecule has 1 unspecified atom stereocenters. The number of alkyl halides is 3. The predicted octanol–water partition coefficient (Wildman–Crippen LogP) is 5.10. The van der Waals surface area contributed by atoms with Crippen LogP contribution in [-0.4, -0.2) is 36.2 Å². The lowest BCUT2D eigenvalue weighted by Crippen LogP contribution is -2.50. The Kier molecular flexibility index (Phi) is 6.31. The Morgan fingerprint density at radius 3 is 2.55 bits per heavy atom. The number of carbonyl (C=O) groups excluding carboxylic acids is 3. The van der Waals surface area contributed by atoms with Crippen molar-refractivity contribution in [2.24, 2.45) is 0 Å². The van der Waals surface area contributed by atoms with Crippen molar-refractivity contribution in [1.29, 1.82) is 5.26 Å². The monoisotopic (exact) mass is 520 g/mol. The maximum Gasteiger partial charge on any atom is 0.416 e. The van der Waals surface area contributed by atoms with Crippen LogP contribution in [0.2, 0.25) is 0 Å². The molecule has 0 saturated carbocycles. The van der Waals surface area contributed by atoms with E-state index in [9.17, 15) is 32.8 Å². The molecule has 0 aromatic heterocycles. The molecular formula is C28H23F3N4O3. The molecule has 10 heteroatoms. The number of hydrogen-bond acceptors (Lipinski definition) is 4. The van der Waals surface area contributed by atoms with E-state index in [1.807, 2.05) is 0 Å². The van der Waals surface area contributed by atoms with Gasteiger partial charge < -0.3 is 10.2 Å². The first-order chi connectivity index (χ1) is 18.1. The first-order valence-corrected chi connectivity index (χ1v) is 12.1. The molecule has 2 aromatic carbocycles. The standard InChI is InChI=1S/C28H23F3N4O3/c1-34-26(20-9-8-16(15-32)12-21(20)17-10-11-33-24(37)13-17)25-22(6-3-7-23(25)36)35(27(34)38)19-5-2-4-18(14-19)28(29,30)31/h2,4-5,8-9,12-14,26H,3,6-7,10-11H2,1H3,(H,33,37). The topological polar surface area (TPSA) is 93.5 Å². The Labute approximate surface area is 216 Å². The van der Waals surface area contributed by atoms with Crippen LogP contribution >= 0.6 is 0 Å². The number of nitriles is 1. The first kappa shape index (κ1) is 25.3. The van der Waals surface area contributed by atoms with E-state index in [-0.39, 0.29) is 23.8 Å². The zero-order valence-corrected chi connectivity index (χ0v) is 20.4. The summed E-state index contributed by atoms with van der Waals surface area (Å²) in [6, 6.07) is 10.1. The fraction of sp³-hybridized carbons (Fsp3) is 0.286. The Bertz CT molecular complexity index is 1470. The SMILES string of the molecule is CN1C(=O)N(c2cccc(C(F)(F)F)c2)C2=C(C(=O)CCC2)C1c1ccc(C#N)cc1C1=CC(=O)NCC1. The molecule has 0 spiro atoms. The normalized spacial score (nSPS) is 20.1. The molecule has 1 aliphatic carbocycles. The van der Waals surface area contributed by atoms with Gasteiger partial charge in [0.05, 0.1) is 28.9 Å². The Morgan fingerprint density at radius 2 is 1.84 bits per heavy atom. The van der Waals surface area contributed by atoms with Crippen LogP contribution in [0.15, 0.2) is 59.8 Å². The number of urea groups is 1. The van der Waals surface area contributed by atoms with Crippen LogP contribution < -0.4 is 10.2 Å². The average molecular weight is 521 g/mol. The van der Waals surface area contributed by atoms with Gasteiger partial charge in [-0.2, -0.15) is 18.4 Å². The number of rotatable bonds is 3. The van der Waals surface area contributed by atoms with Crippen LogP contribution in [0, 0.1) is 11.3 Å². The van der Waals surface area contributed by atoms with E-state index in [1.165, 1.54) is 35.1 Å². The number of allylic oxidation sites excluding steroid dienone is 1. The van der Waals surface area contributed by atoms with Crippen LogP contribution in [-0.2, 0) is 15.8 Å². The Hall–Kier alpha value is -4.39. The quantitative estimate of drug-likeness (QED) is 0.610. The molecule has 194 valence electrons. The van der Waals surface area contributed by atoms with E-state index >= 15 is 0 Å². The van der Waals surface area contributed by atoms with Crippen molar-refractivity contribution in [1.82, 2.24) is 10.2 Å². The number of hydrogen-bond donors (Lipinski definition) is 1. The number of nitrogens with zero attached hydrogens (tertiary/aromatic N) is 3. The molecule has 0 fully saturated rings. The maximum absolute atomic E-state index is 13.8. The molecule has 1 N–H and O–H groups in total. The van der Waals surface area contributed by atoms with Crippen LogP contribution in [0.1, 0.15) is 54.0 Å². The molecule has 3 aliphatic rings. The third kappa shape index (κ3) is 4.34. The number of benzene rings is 2. The summed E-state index contributed by atoms with van der Waals surface area (Å²) in [6.45, 7) is 0.399. The number of ketones is 1. The molecule has 5 rings (SSSR count). The molecule has 2 heterocycles. The fourth-order valence-electron chi connectivity index (χ4n) is 5.37.